The Morgan fingerprint density at radius 2 is 1.82 bits per heavy atom. The van der Waals surface area contributed by atoms with Crippen LogP contribution in [0.4, 0.5) is 4.39 Å². The van der Waals surface area contributed by atoms with Crippen LogP contribution in [0.1, 0.15) is 32.5 Å². The Morgan fingerprint density at radius 1 is 1.12 bits per heavy atom. The van der Waals surface area contributed by atoms with E-state index < -0.39 is 0 Å². The van der Waals surface area contributed by atoms with Crippen LogP contribution in [0.15, 0.2) is 24.3 Å². The molecule has 90 valence electrons. The third-order valence-electron chi connectivity index (χ3n) is 3.05. The zero-order chi connectivity index (χ0) is 12.6. The Hall–Kier alpha value is -1.19. The summed E-state index contributed by atoms with van der Waals surface area (Å²) in [6.45, 7) is 5.90. The number of aryl methyl sites for hydroxylation is 3. The van der Waals surface area contributed by atoms with Crippen molar-refractivity contribution in [2.45, 2.75) is 26.8 Å². The van der Waals surface area contributed by atoms with Crippen molar-refractivity contribution in [3.63, 3.8) is 0 Å². The molecule has 0 radical (unpaired) electrons. The molecular weight excluding hydrogens is 233 g/mol. The summed E-state index contributed by atoms with van der Waals surface area (Å²) >= 11 is 1.68. The van der Waals surface area contributed by atoms with Gasteiger partial charge < -0.3 is 5.73 Å². The molecule has 17 heavy (non-hydrogen) atoms. The van der Waals surface area contributed by atoms with Gasteiger partial charge in [0.1, 0.15) is 5.82 Å². The van der Waals surface area contributed by atoms with Crippen LogP contribution in [-0.2, 0) is 0 Å². The van der Waals surface area contributed by atoms with E-state index in [4.69, 9.17) is 5.73 Å². The number of halogens is 1. The largest absolute Gasteiger partial charge is 0.320 e. The van der Waals surface area contributed by atoms with Gasteiger partial charge in [0.15, 0.2) is 0 Å². The predicted octanol–water partition coefficient (Wildman–Crippen LogP) is 3.86. The number of benzene rings is 1. The van der Waals surface area contributed by atoms with Crippen LogP contribution in [-0.4, -0.2) is 0 Å². The van der Waals surface area contributed by atoms with Crippen molar-refractivity contribution in [3.05, 3.63) is 56.5 Å². The van der Waals surface area contributed by atoms with Crippen LogP contribution in [0.3, 0.4) is 0 Å². The minimum atomic E-state index is -0.234. The normalized spacial score (nSPS) is 12.8. The number of nitrogens with two attached hydrogens (primary N) is 1. The first-order valence-corrected chi connectivity index (χ1v) is 6.39. The first-order valence-electron chi connectivity index (χ1n) is 5.57. The molecule has 0 saturated heterocycles. The van der Waals surface area contributed by atoms with Gasteiger partial charge in [0, 0.05) is 9.75 Å². The quantitative estimate of drug-likeness (QED) is 0.859. The summed E-state index contributed by atoms with van der Waals surface area (Å²) in [6, 6.07) is 7.06. The van der Waals surface area contributed by atoms with Crippen molar-refractivity contribution in [1.82, 2.24) is 0 Å². The third kappa shape index (κ3) is 2.40. The van der Waals surface area contributed by atoms with Gasteiger partial charge in [-0.3, -0.25) is 0 Å². The zero-order valence-corrected chi connectivity index (χ0v) is 11.1. The second-order valence-electron chi connectivity index (χ2n) is 4.37. The van der Waals surface area contributed by atoms with E-state index in [0.717, 1.165) is 10.4 Å². The van der Waals surface area contributed by atoms with Crippen molar-refractivity contribution >= 4 is 11.3 Å². The maximum atomic E-state index is 13.5. The minimum absolute atomic E-state index is 0.192. The Bertz CT molecular complexity index is 526. The van der Waals surface area contributed by atoms with Crippen molar-refractivity contribution in [1.29, 1.82) is 0 Å². The molecule has 1 aromatic carbocycles. The second kappa shape index (κ2) is 4.59. The van der Waals surface area contributed by atoms with E-state index in [1.165, 1.54) is 16.5 Å². The van der Waals surface area contributed by atoms with Crippen LogP contribution >= 0.6 is 11.3 Å². The topological polar surface area (TPSA) is 26.0 Å². The van der Waals surface area contributed by atoms with E-state index in [1.807, 2.05) is 6.07 Å². The molecule has 1 atom stereocenters. The molecule has 2 aromatic rings. The molecular formula is C14H16FNS. The highest BCUT2D eigenvalue weighted by atomic mass is 32.1. The molecule has 0 bridgehead atoms. The summed E-state index contributed by atoms with van der Waals surface area (Å²) in [5, 5.41) is 0. The number of rotatable bonds is 2. The maximum Gasteiger partial charge on any atom is 0.126 e. The van der Waals surface area contributed by atoms with Crippen LogP contribution in [0, 0.1) is 26.6 Å². The zero-order valence-electron chi connectivity index (χ0n) is 10.3. The molecule has 0 aliphatic heterocycles. The molecule has 0 aliphatic rings. The van der Waals surface area contributed by atoms with E-state index in [2.05, 4.69) is 19.9 Å². The van der Waals surface area contributed by atoms with E-state index >= 15 is 0 Å². The molecule has 2 rings (SSSR count). The van der Waals surface area contributed by atoms with Crippen LogP contribution in [0.25, 0.3) is 0 Å². The lowest BCUT2D eigenvalue weighted by Gasteiger charge is -2.10. The molecule has 0 fully saturated rings. The maximum absolute atomic E-state index is 13.5. The average molecular weight is 249 g/mol. The first-order chi connectivity index (χ1) is 7.99. The van der Waals surface area contributed by atoms with Crippen molar-refractivity contribution < 1.29 is 4.39 Å². The van der Waals surface area contributed by atoms with E-state index in [1.54, 1.807) is 24.3 Å². The van der Waals surface area contributed by atoms with Crippen molar-refractivity contribution in [3.8, 4) is 0 Å². The summed E-state index contributed by atoms with van der Waals surface area (Å²) in [5.41, 5.74) is 8.89. The van der Waals surface area contributed by atoms with Crippen molar-refractivity contribution in [2.24, 2.45) is 5.73 Å². The van der Waals surface area contributed by atoms with Gasteiger partial charge in [0.2, 0.25) is 0 Å². The lowest BCUT2D eigenvalue weighted by Crippen LogP contribution is -2.10. The molecule has 2 N–H and O–H groups in total. The van der Waals surface area contributed by atoms with E-state index in [-0.39, 0.29) is 11.9 Å². The Balaban J connectivity index is 2.36. The van der Waals surface area contributed by atoms with Gasteiger partial charge in [-0.05, 0) is 49.6 Å². The molecule has 0 spiro atoms. The third-order valence-corrected chi connectivity index (χ3v) is 4.28. The standard InChI is InChI=1S/C14H16FNS/c1-8-4-5-11(7-12(8)15)14(16)13-6-9(2)10(3)17-13/h4-7,14H,16H2,1-3H3. The van der Waals surface area contributed by atoms with E-state index in [0.29, 0.717) is 5.56 Å². The molecule has 3 heteroatoms. The number of thiophene rings is 1. The molecule has 1 unspecified atom stereocenters. The minimum Gasteiger partial charge on any atom is -0.320 e. The Morgan fingerprint density at radius 3 is 2.35 bits per heavy atom. The second-order valence-corrected chi connectivity index (χ2v) is 5.66. The van der Waals surface area contributed by atoms with Gasteiger partial charge in [-0.25, -0.2) is 4.39 Å². The Kier molecular flexibility index (Phi) is 3.31. The highest BCUT2D eigenvalue weighted by molar-refractivity contribution is 7.12. The first kappa shape index (κ1) is 12.3. The fourth-order valence-electron chi connectivity index (χ4n) is 1.72. The van der Waals surface area contributed by atoms with Gasteiger partial charge in [0.25, 0.3) is 0 Å². The molecule has 1 nitrogen and oxygen atoms in total. The lowest BCUT2D eigenvalue weighted by atomic mass is 10.0. The summed E-state index contributed by atoms with van der Waals surface area (Å²) in [4.78, 5) is 2.35. The molecule has 0 saturated carbocycles. The number of hydrogen-bond acceptors (Lipinski definition) is 2. The molecule has 0 aliphatic carbocycles. The monoisotopic (exact) mass is 249 g/mol. The number of hydrogen-bond donors (Lipinski definition) is 1. The predicted molar refractivity (Wildman–Crippen MR) is 71.0 cm³/mol. The van der Waals surface area contributed by atoms with Gasteiger partial charge in [-0.15, -0.1) is 11.3 Å². The fourth-order valence-corrected chi connectivity index (χ4v) is 2.79. The van der Waals surface area contributed by atoms with Gasteiger partial charge in [0.05, 0.1) is 6.04 Å². The van der Waals surface area contributed by atoms with E-state index in [9.17, 15) is 4.39 Å². The smallest absolute Gasteiger partial charge is 0.126 e. The van der Waals surface area contributed by atoms with Crippen LogP contribution in [0.2, 0.25) is 0 Å². The van der Waals surface area contributed by atoms with Crippen LogP contribution in [0.5, 0.6) is 0 Å². The van der Waals surface area contributed by atoms with Crippen LogP contribution < -0.4 is 5.73 Å². The summed E-state index contributed by atoms with van der Waals surface area (Å²) in [7, 11) is 0. The fraction of sp³-hybridized carbons (Fsp3) is 0.286. The van der Waals surface area contributed by atoms with Gasteiger partial charge in [-0.2, -0.15) is 0 Å². The summed E-state index contributed by atoms with van der Waals surface area (Å²) in [6.07, 6.45) is 0. The highest BCUT2D eigenvalue weighted by Gasteiger charge is 2.13. The lowest BCUT2D eigenvalue weighted by molar-refractivity contribution is 0.614. The molecule has 0 amide bonds. The SMILES string of the molecule is Cc1ccc(C(N)c2cc(C)c(C)s2)cc1F. The molecule has 1 aromatic heterocycles. The molecule has 1 heterocycles. The highest BCUT2D eigenvalue weighted by Crippen LogP contribution is 2.29. The average Bonchev–Trinajstić information content (AvgIpc) is 2.62. The van der Waals surface area contributed by atoms with Gasteiger partial charge in [-0.1, -0.05) is 12.1 Å². The van der Waals surface area contributed by atoms with Crippen molar-refractivity contribution in [2.75, 3.05) is 0 Å². The Labute approximate surface area is 105 Å². The summed E-state index contributed by atoms with van der Waals surface area (Å²) < 4.78 is 13.5. The summed E-state index contributed by atoms with van der Waals surface area (Å²) in [5.74, 6) is -0.192. The van der Waals surface area contributed by atoms with Gasteiger partial charge >= 0.3 is 0 Å².